The van der Waals surface area contributed by atoms with E-state index < -0.39 is 0 Å². The predicted molar refractivity (Wildman–Crippen MR) is 73.4 cm³/mol. The molecule has 0 amide bonds. The Labute approximate surface area is 117 Å². The third kappa shape index (κ3) is 2.02. The Morgan fingerprint density at radius 3 is 2.89 bits per heavy atom. The molecule has 0 bridgehead atoms. The second-order valence-electron chi connectivity index (χ2n) is 5.39. The highest BCUT2D eigenvalue weighted by atomic mass is 35.5. The van der Waals surface area contributed by atoms with E-state index in [1.807, 2.05) is 18.3 Å². The zero-order chi connectivity index (χ0) is 12.8. The van der Waals surface area contributed by atoms with Gasteiger partial charge in [-0.15, -0.1) is 0 Å². The van der Waals surface area contributed by atoms with Gasteiger partial charge in [0, 0.05) is 18.0 Å². The molecule has 0 aromatic carbocycles. The third-order valence-corrected chi connectivity index (χ3v) is 4.18. The molecule has 96 valence electrons. The molecule has 4 heteroatoms. The number of halogens is 1. The van der Waals surface area contributed by atoms with Crippen LogP contribution in [-0.2, 0) is 6.42 Å². The van der Waals surface area contributed by atoms with Crippen molar-refractivity contribution in [3.63, 3.8) is 0 Å². The van der Waals surface area contributed by atoms with Gasteiger partial charge in [-0.3, -0.25) is 4.98 Å². The average molecular weight is 272 g/mol. The Morgan fingerprint density at radius 2 is 2.05 bits per heavy atom. The second-order valence-corrected chi connectivity index (χ2v) is 5.77. The number of pyridine rings is 1. The predicted octanol–water partition coefficient (Wildman–Crippen LogP) is 3.48. The molecule has 4 rings (SSSR count). The van der Waals surface area contributed by atoms with Crippen LogP contribution in [0.4, 0.5) is 0 Å². The first-order valence-corrected chi connectivity index (χ1v) is 7.17. The van der Waals surface area contributed by atoms with Crippen molar-refractivity contribution in [2.45, 2.75) is 37.5 Å². The summed E-state index contributed by atoms with van der Waals surface area (Å²) < 4.78 is 0. The molecule has 1 fully saturated rings. The molecule has 0 aliphatic heterocycles. The minimum atomic E-state index is 0.286. The van der Waals surface area contributed by atoms with Gasteiger partial charge in [-0.1, -0.05) is 17.7 Å². The SMILES string of the molecule is Clc1cc(C2CCc3cccnc32)nc(C2CC2)n1. The van der Waals surface area contributed by atoms with Crippen molar-refractivity contribution in [2.75, 3.05) is 0 Å². The van der Waals surface area contributed by atoms with Crippen LogP contribution < -0.4 is 0 Å². The molecule has 0 radical (unpaired) electrons. The van der Waals surface area contributed by atoms with Crippen LogP contribution in [0.25, 0.3) is 0 Å². The zero-order valence-electron chi connectivity index (χ0n) is 10.5. The van der Waals surface area contributed by atoms with Crippen LogP contribution >= 0.6 is 11.6 Å². The minimum absolute atomic E-state index is 0.286. The van der Waals surface area contributed by atoms with E-state index in [0.29, 0.717) is 11.1 Å². The number of hydrogen-bond donors (Lipinski definition) is 0. The standard InChI is InChI=1S/C15H14ClN3/c16-13-8-12(18-15(19-13)10-3-4-10)11-6-5-9-2-1-7-17-14(9)11/h1-2,7-8,10-11H,3-6H2. The Hall–Kier alpha value is -1.48. The van der Waals surface area contributed by atoms with Crippen LogP contribution in [0.15, 0.2) is 24.4 Å². The van der Waals surface area contributed by atoms with Gasteiger partial charge in [0.25, 0.3) is 0 Å². The van der Waals surface area contributed by atoms with Gasteiger partial charge in [0.15, 0.2) is 0 Å². The molecule has 2 aliphatic carbocycles. The molecule has 1 unspecified atom stereocenters. The van der Waals surface area contributed by atoms with Gasteiger partial charge in [-0.2, -0.15) is 0 Å². The Balaban J connectivity index is 1.77. The van der Waals surface area contributed by atoms with Gasteiger partial charge >= 0.3 is 0 Å². The average Bonchev–Trinajstić information content (AvgIpc) is 3.18. The number of hydrogen-bond acceptors (Lipinski definition) is 3. The Kier molecular flexibility index (Phi) is 2.55. The van der Waals surface area contributed by atoms with E-state index >= 15 is 0 Å². The van der Waals surface area contributed by atoms with E-state index in [4.69, 9.17) is 16.6 Å². The summed E-state index contributed by atoms with van der Waals surface area (Å²) in [6.45, 7) is 0. The van der Waals surface area contributed by atoms with E-state index in [0.717, 1.165) is 24.4 Å². The first kappa shape index (κ1) is 11.4. The molecular weight excluding hydrogens is 258 g/mol. The van der Waals surface area contributed by atoms with Crippen LogP contribution in [0.3, 0.4) is 0 Å². The number of rotatable bonds is 2. The van der Waals surface area contributed by atoms with Gasteiger partial charge in [0.05, 0.1) is 11.4 Å². The molecule has 2 aliphatic rings. The normalized spacial score (nSPS) is 21.4. The quantitative estimate of drug-likeness (QED) is 0.785. The summed E-state index contributed by atoms with van der Waals surface area (Å²) in [7, 11) is 0. The molecule has 1 atom stereocenters. The lowest BCUT2D eigenvalue weighted by atomic mass is 10.0. The van der Waals surface area contributed by atoms with Gasteiger partial charge in [-0.05, 0) is 43.4 Å². The van der Waals surface area contributed by atoms with Crippen molar-refractivity contribution in [1.82, 2.24) is 15.0 Å². The van der Waals surface area contributed by atoms with Crippen molar-refractivity contribution in [1.29, 1.82) is 0 Å². The lowest BCUT2D eigenvalue weighted by Gasteiger charge is -2.11. The summed E-state index contributed by atoms with van der Waals surface area (Å²) >= 11 is 6.16. The van der Waals surface area contributed by atoms with Crippen LogP contribution in [0, 0.1) is 0 Å². The third-order valence-electron chi connectivity index (χ3n) is 3.99. The molecule has 2 aromatic heterocycles. The van der Waals surface area contributed by atoms with Crippen molar-refractivity contribution in [3.8, 4) is 0 Å². The number of aromatic nitrogens is 3. The monoisotopic (exact) mass is 271 g/mol. The van der Waals surface area contributed by atoms with Gasteiger partial charge in [0.1, 0.15) is 11.0 Å². The van der Waals surface area contributed by atoms with Gasteiger partial charge in [0.2, 0.25) is 0 Å². The topological polar surface area (TPSA) is 38.7 Å². The minimum Gasteiger partial charge on any atom is -0.260 e. The number of nitrogens with zero attached hydrogens (tertiary/aromatic N) is 3. The second kappa shape index (κ2) is 4.27. The number of fused-ring (bicyclic) bond motifs is 1. The fraction of sp³-hybridized carbons (Fsp3) is 0.400. The summed E-state index contributed by atoms with van der Waals surface area (Å²) in [6.07, 6.45) is 6.40. The molecule has 0 spiro atoms. The molecular formula is C15H14ClN3. The molecule has 19 heavy (non-hydrogen) atoms. The zero-order valence-corrected chi connectivity index (χ0v) is 11.3. The van der Waals surface area contributed by atoms with Crippen LogP contribution in [0.5, 0.6) is 0 Å². The summed E-state index contributed by atoms with van der Waals surface area (Å²) in [5, 5.41) is 0.566. The first-order valence-electron chi connectivity index (χ1n) is 6.79. The maximum Gasteiger partial charge on any atom is 0.133 e. The summed E-state index contributed by atoms with van der Waals surface area (Å²) in [4.78, 5) is 13.6. The lowest BCUT2D eigenvalue weighted by molar-refractivity contribution is 0.728. The van der Waals surface area contributed by atoms with Crippen molar-refractivity contribution >= 4 is 11.6 Å². The van der Waals surface area contributed by atoms with E-state index in [-0.39, 0.29) is 5.92 Å². The number of aryl methyl sites for hydroxylation is 1. The molecule has 2 aromatic rings. The summed E-state index contributed by atoms with van der Waals surface area (Å²) in [6, 6.07) is 6.07. The van der Waals surface area contributed by atoms with Gasteiger partial charge in [-0.25, -0.2) is 9.97 Å². The maximum atomic E-state index is 6.16. The van der Waals surface area contributed by atoms with Crippen LogP contribution in [0.2, 0.25) is 5.15 Å². The lowest BCUT2D eigenvalue weighted by Crippen LogP contribution is -2.05. The molecule has 1 saturated carbocycles. The summed E-state index contributed by atoms with van der Waals surface area (Å²) in [5.41, 5.74) is 3.55. The highest BCUT2D eigenvalue weighted by molar-refractivity contribution is 6.29. The van der Waals surface area contributed by atoms with Crippen LogP contribution in [0.1, 0.15) is 53.9 Å². The Morgan fingerprint density at radius 1 is 1.16 bits per heavy atom. The Bertz CT molecular complexity index is 637. The van der Waals surface area contributed by atoms with Crippen molar-refractivity contribution in [2.24, 2.45) is 0 Å². The fourth-order valence-electron chi connectivity index (χ4n) is 2.86. The van der Waals surface area contributed by atoms with E-state index in [1.54, 1.807) is 0 Å². The van der Waals surface area contributed by atoms with E-state index in [1.165, 1.54) is 24.1 Å². The maximum absolute atomic E-state index is 6.16. The molecule has 0 N–H and O–H groups in total. The largest absolute Gasteiger partial charge is 0.260 e. The summed E-state index contributed by atoms with van der Waals surface area (Å²) in [5.74, 6) is 1.74. The van der Waals surface area contributed by atoms with E-state index in [2.05, 4.69) is 16.0 Å². The van der Waals surface area contributed by atoms with Crippen molar-refractivity contribution in [3.05, 3.63) is 52.3 Å². The highest BCUT2D eigenvalue weighted by Gasteiger charge is 2.30. The highest BCUT2D eigenvalue weighted by Crippen LogP contribution is 2.41. The van der Waals surface area contributed by atoms with Crippen LogP contribution in [-0.4, -0.2) is 15.0 Å². The van der Waals surface area contributed by atoms with Crippen molar-refractivity contribution < 1.29 is 0 Å². The molecule has 0 saturated heterocycles. The molecule has 3 nitrogen and oxygen atoms in total. The molecule has 2 heterocycles. The fourth-order valence-corrected chi connectivity index (χ4v) is 3.05. The first-order chi connectivity index (χ1) is 9.31. The smallest absolute Gasteiger partial charge is 0.133 e. The van der Waals surface area contributed by atoms with E-state index in [9.17, 15) is 0 Å². The van der Waals surface area contributed by atoms with Gasteiger partial charge < -0.3 is 0 Å².